The highest BCUT2D eigenvalue weighted by Gasteiger charge is 2.23. The molecule has 1 aromatic rings. The molecule has 18 heavy (non-hydrogen) atoms. The maximum atomic E-state index is 5.90. The Morgan fingerprint density at radius 2 is 0.944 bits per heavy atom. The Morgan fingerprint density at radius 3 is 1.28 bits per heavy atom. The van der Waals surface area contributed by atoms with Gasteiger partial charge in [-0.15, -0.1) is 0 Å². The van der Waals surface area contributed by atoms with Gasteiger partial charge in [0.05, 0.1) is 25.5 Å². The highest BCUT2D eigenvalue weighted by Crippen LogP contribution is 2.50. The van der Waals surface area contributed by atoms with Crippen molar-refractivity contribution in [3.05, 3.63) is 0 Å². The fourth-order valence-electron chi connectivity index (χ4n) is 1.59. The Labute approximate surface area is 107 Å². The first-order valence-electron chi connectivity index (χ1n) is 5.97. The SMILES string of the molecule is CCOc1c(N)c(N)c(N)c(OCC)c1OCC. The first-order chi connectivity index (χ1) is 8.58. The first kappa shape index (κ1) is 14.1. The second-order valence-electron chi connectivity index (χ2n) is 3.53. The van der Waals surface area contributed by atoms with E-state index in [1.54, 1.807) is 0 Å². The minimum Gasteiger partial charge on any atom is -0.488 e. The molecule has 1 rings (SSSR count). The minimum atomic E-state index is 0.255. The van der Waals surface area contributed by atoms with Crippen LogP contribution in [-0.2, 0) is 0 Å². The Morgan fingerprint density at radius 1 is 0.611 bits per heavy atom. The Balaban J connectivity index is 3.46. The van der Waals surface area contributed by atoms with Crippen LogP contribution in [0, 0.1) is 0 Å². The summed E-state index contributed by atoms with van der Waals surface area (Å²) in [5.74, 6) is 1.18. The Bertz CT molecular complexity index is 389. The summed E-state index contributed by atoms with van der Waals surface area (Å²) in [5.41, 5.74) is 18.5. The van der Waals surface area contributed by atoms with E-state index in [1.807, 2.05) is 20.8 Å². The van der Waals surface area contributed by atoms with Crippen LogP contribution in [-0.4, -0.2) is 19.8 Å². The molecule has 0 atom stereocenters. The van der Waals surface area contributed by atoms with Gasteiger partial charge in [-0.25, -0.2) is 0 Å². The minimum absolute atomic E-state index is 0.255. The third-order valence-corrected chi connectivity index (χ3v) is 2.35. The average molecular weight is 255 g/mol. The van der Waals surface area contributed by atoms with Crippen molar-refractivity contribution in [3.63, 3.8) is 0 Å². The van der Waals surface area contributed by atoms with Crippen LogP contribution in [0.3, 0.4) is 0 Å². The van der Waals surface area contributed by atoms with Crippen molar-refractivity contribution in [3.8, 4) is 17.2 Å². The molecule has 0 unspecified atom stereocenters. The van der Waals surface area contributed by atoms with Crippen molar-refractivity contribution >= 4 is 17.1 Å². The van der Waals surface area contributed by atoms with Gasteiger partial charge in [-0.05, 0) is 20.8 Å². The van der Waals surface area contributed by atoms with Gasteiger partial charge in [0, 0.05) is 0 Å². The summed E-state index contributed by atoms with van der Waals surface area (Å²) >= 11 is 0. The fraction of sp³-hybridized carbons (Fsp3) is 0.500. The molecule has 0 spiro atoms. The van der Waals surface area contributed by atoms with Gasteiger partial charge >= 0.3 is 0 Å². The van der Waals surface area contributed by atoms with Crippen LogP contribution in [0.5, 0.6) is 17.2 Å². The molecule has 0 saturated carbocycles. The highest BCUT2D eigenvalue weighted by molar-refractivity contribution is 5.90. The van der Waals surface area contributed by atoms with Crippen LogP contribution in [0.25, 0.3) is 0 Å². The van der Waals surface area contributed by atoms with Crippen molar-refractivity contribution in [2.24, 2.45) is 0 Å². The van der Waals surface area contributed by atoms with Crippen molar-refractivity contribution in [1.82, 2.24) is 0 Å². The lowest BCUT2D eigenvalue weighted by Gasteiger charge is -2.20. The molecule has 0 aliphatic heterocycles. The fourth-order valence-corrected chi connectivity index (χ4v) is 1.59. The molecule has 0 amide bonds. The molecule has 0 aliphatic rings. The summed E-state index contributed by atoms with van der Waals surface area (Å²) in [7, 11) is 0. The smallest absolute Gasteiger partial charge is 0.208 e. The molecular weight excluding hydrogens is 234 g/mol. The third kappa shape index (κ3) is 2.47. The van der Waals surface area contributed by atoms with Crippen LogP contribution < -0.4 is 31.4 Å². The largest absolute Gasteiger partial charge is 0.488 e. The standard InChI is InChI=1S/C12H21N3O3/c1-4-16-10-8(14)7(13)9(15)11(17-5-2)12(10)18-6-3/h4-6,13-15H2,1-3H3. The predicted molar refractivity (Wildman–Crippen MR) is 73.2 cm³/mol. The van der Waals surface area contributed by atoms with E-state index in [4.69, 9.17) is 31.4 Å². The summed E-state index contributed by atoms with van der Waals surface area (Å²) in [5, 5.41) is 0. The van der Waals surface area contributed by atoms with Gasteiger partial charge in [-0.2, -0.15) is 0 Å². The molecule has 6 heteroatoms. The molecule has 102 valence electrons. The van der Waals surface area contributed by atoms with Crippen LogP contribution in [0.15, 0.2) is 0 Å². The summed E-state index contributed by atoms with van der Waals surface area (Å²) < 4.78 is 16.5. The monoisotopic (exact) mass is 255 g/mol. The average Bonchev–Trinajstić information content (AvgIpc) is 2.36. The topological polar surface area (TPSA) is 106 Å². The van der Waals surface area contributed by atoms with Crippen LogP contribution in [0.2, 0.25) is 0 Å². The zero-order valence-corrected chi connectivity index (χ0v) is 11.1. The maximum Gasteiger partial charge on any atom is 0.208 e. The van der Waals surface area contributed by atoms with E-state index >= 15 is 0 Å². The van der Waals surface area contributed by atoms with Gasteiger partial charge in [0.15, 0.2) is 11.5 Å². The highest BCUT2D eigenvalue weighted by atomic mass is 16.5. The van der Waals surface area contributed by atoms with E-state index < -0.39 is 0 Å². The van der Waals surface area contributed by atoms with E-state index in [9.17, 15) is 0 Å². The van der Waals surface area contributed by atoms with Gasteiger partial charge in [0.2, 0.25) is 5.75 Å². The van der Waals surface area contributed by atoms with E-state index in [0.717, 1.165) is 0 Å². The zero-order chi connectivity index (χ0) is 13.7. The second-order valence-corrected chi connectivity index (χ2v) is 3.53. The first-order valence-corrected chi connectivity index (χ1v) is 5.97. The lowest BCUT2D eigenvalue weighted by Crippen LogP contribution is -2.10. The quantitative estimate of drug-likeness (QED) is 0.667. The van der Waals surface area contributed by atoms with Gasteiger partial charge in [0.1, 0.15) is 11.4 Å². The molecule has 0 aliphatic carbocycles. The Hall–Kier alpha value is -1.98. The number of nitrogen functional groups attached to an aromatic ring is 3. The molecular formula is C12H21N3O3. The molecule has 0 saturated heterocycles. The molecule has 0 radical (unpaired) electrons. The van der Waals surface area contributed by atoms with Gasteiger partial charge in [-0.3, -0.25) is 0 Å². The van der Waals surface area contributed by atoms with Crippen LogP contribution in [0.1, 0.15) is 20.8 Å². The maximum absolute atomic E-state index is 5.90. The zero-order valence-electron chi connectivity index (χ0n) is 11.1. The Kier molecular flexibility index (Phi) is 4.76. The molecule has 0 fully saturated rings. The van der Waals surface area contributed by atoms with E-state index in [2.05, 4.69) is 0 Å². The van der Waals surface area contributed by atoms with Crippen LogP contribution >= 0.6 is 0 Å². The number of rotatable bonds is 6. The number of hydrogen-bond acceptors (Lipinski definition) is 6. The van der Waals surface area contributed by atoms with Gasteiger partial charge in [-0.1, -0.05) is 0 Å². The number of hydrogen-bond donors (Lipinski definition) is 3. The molecule has 6 N–H and O–H groups in total. The van der Waals surface area contributed by atoms with E-state index in [1.165, 1.54) is 0 Å². The molecule has 6 nitrogen and oxygen atoms in total. The molecule has 0 heterocycles. The number of anilines is 3. The third-order valence-electron chi connectivity index (χ3n) is 2.35. The normalized spacial score (nSPS) is 10.2. The molecule has 0 bridgehead atoms. The van der Waals surface area contributed by atoms with Crippen molar-refractivity contribution in [2.45, 2.75) is 20.8 Å². The summed E-state index contributed by atoms with van der Waals surface area (Å²) in [6.45, 7) is 6.89. The van der Waals surface area contributed by atoms with Crippen LogP contribution in [0.4, 0.5) is 17.1 Å². The van der Waals surface area contributed by atoms with Crippen molar-refractivity contribution in [1.29, 1.82) is 0 Å². The van der Waals surface area contributed by atoms with E-state index in [0.29, 0.717) is 37.1 Å². The number of nitrogens with two attached hydrogens (primary N) is 3. The van der Waals surface area contributed by atoms with Gasteiger partial charge < -0.3 is 31.4 Å². The summed E-state index contributed by atoms with van der Waals surface area (Å²) in [6, 6.07) is 0. The summed E-state index contributed by atoms with van der Waals surface area (Å²) in [4.78, 5) is 0. The number of benzene rings is 1. The van der Waals surface area contributed by atoms with Crippen molar-refractivity contribution in [2.75, 3.05) is 37.0 Å². The van der Waals surface area contributed by atoms with E-state index in [-0.39, 0.29) is 17.1 Å². The number of ether oxygens (including phenoxy) is 3. The van der Waals surface area contributed by atoms with Crippen molar-refractivity contribution < 1.29 is 14.2 Å². The summed E-state index contributed by atoms with van der Waals surface area (Å²) in [6.07, 6.45) is 0. The van der Waals surface area contributed by atoms with Gasteiger partial charge in [0.25, 0.3) is 0 Å². The molecule has 1 aromatic carbocycles. The predicted octanol–water partition coefficient (Wildman–Crippen LogP) is 1.63. The second kappa shape index (κ2) is 6.09. The molecule has 0 aromatic heterocycles. The lowest BCUT2D eigenvalue weighted by atomic mass is 10.2. The lowest BCUT2D eigenvalue weighted by molar-refractivity contribution is 0.263.